The number of rotatable bonds is 7. The summed E-state index contributed by atoms with van der Waals surface area (Å²) in [5.41, 5.74) is 4.26. The standard InChI is InChI=1S/C22H25N5O3/c1-5-30-19-10-8-17(9-11-19)24-22(29)21-16(4)27(26-25-21)13-20(28)23-18-7-6-14(2)15(3)12-18/h6-12H,5,13H2,1-4H3,(H,23,28)(H,24,29). The molecule has 0 fully saturated rings. The molecule has 0 aliphatic carbocycles. The molecular weight excluding hydrogens is 382 g/mol. The maximum atomic E-state index is 12.5. The van der Waals surface area contributed by atoms with E-state index in [0.29, 0.717) is 23.7 Å². The number of nitrogens with zero attached hydrogens (tertiary/aromatic N) is 3. The lowest BCUT2D eigenvalue weighted by Crippen LogP contribution is -2.21. The molecule has 3 aromatic rings. The molecule has 0 aliphatic rings. The van der Waals surface area contributed by atoms with Gasteiger partial charge in [0.1, 0.15) is 12.3 Å². The van der Waals surface area contributed by atoms with Crippen molar-refractivity contribution in [1.29, 1.82) is 0 Å². The largest absolute Gasteiger partial charge is 0.494 e. The Hall–Kier alpha value is -3.68. The van der Waals surface area contributed by atoms with Crippen LogP contribution in [0, 0.1) is 20.8 Å². The van der Waals surface area contributed by atoms with Crippen LogP contribution in [0.4, 0.5) is 11.4 Å². The van der Waals surface area contributed by atoms with Crippen molar-refractivity contribution >= 4 is 23.2 Å². The normalized spacial score (nSPS) is 10.5. The quantitative estimate of drug-likeness (QED) is 0.625. The Bertz CT molecular complexity index is 1060. The Labute approximate surface area is 175 Å². The minimum atomic E-state index is -0.391. The third kappa shape index (κ3) is 5.02. The molecule has 1 heterocycles. The smallest absolute Gasteiger partial charge is 0.278 e. The van der Waals surface area contributed by atoms with Crippen LogP contribution in [0.15, 0.2) is 42.5 Å². The average Bonchev–Trinajstić information content (AvgIpc) is 3.07. The number of amides is 2. The summed E-state index contributed by atoms with van der Waals surface area (Å²) in [6.45, 7) is 8.15. The van der Waals surface area contributed by atoms with Gasteiger partial charge in [-0.25, -0.2) is 4.68 Å². The molecule has 0 saturated heterocycles. The maximum Gasteiger partial charge on any atom is 0.278 e. The molecule has 2 aromatic carbocycles. The zero-order valence-electron chi connectivity index (χ0n) is 17.5. The van der Waals surface area contributed by atoms with Crippen molar-refractivity contribution in [3.63, 3.8) is 0 Å². The molecule has 2 N–H and O–H groups in total. The molecule has 0 aliphatic heterocycles. The predicted molar refractivity (Wildman–Crippen MR) is 115 cm³/mol. The van der Waals surface area contributed by atoms with Crippen LogP contribution in [0.25, 0.3) is 0 Å². The summed E-state index contributed by atoms with van der Waals surface area (Å²) in [6.07, 6.45) is 0. The zero-order valence-corrected chi connectivity index (χ0v) is 17.5. The molecule has 0 atom stereocenters. The van der Waals surface area contributed by atoms with E-state index in [4.69, 9.17) is 4.74 Å². The van der Waals surface area contributed by atoms with Crippen LogP contribution in [0.2, 0.25) is 0 Å². The van der Waals surface area contributed by atoms with Gasteiger partial charge >= 0.3 is 0 Å². The second-order valence-corrected chi connectivity index (χ2v) is 6.94. The van der Waals surface area contributed by atoms with Gasteiger partial charge in [0.2, 0.25) is 5.91 Å². The predicted octanol–water partition coefficient (Wildman–Crippen LogP) is 3.49. The molecular formula is C22H25N5O3. The van der Waals surface area contributed by atoms with E-state index in [1.807, 2.05) is 39.0 Å². The zero-order chi connectivity index (χ0) is 21.7. The van der Waals surface area contributed by atoms with E-state index >= 15 is 0 Å². The first kappa shape index (κ1) is 21.0. The minimum absolute atomic E-state index is 0.0396. The molecule has 2 amide bonds. The summed E-state index contributed by atoms with van der Waals surface area (Å²) in [4.78, 5) is 24.9. The number of anilines is 2. The van der Waals surface area contributed by atoms with E-state index < -0.39 is 5.91 Å². The Balaban J connectivity index is 1.63. The van der Waals surface area contributed by atoms with Gasteiger partial charge in [-0.15, -0.1) is 5.10 Å². The molecule has 8 heteroatoms. The van der Waals surface area contributed by atoms with Crippen LogP contribution in [0.3, 0.4) is 0 Å². The second-order valence-electron chi connectivity index (χ2n) is 6.94. The van der Waals surface area contributed by atoms with Crippen LogP contribution in [-0.2, 0) is 11.3 Å². The molecule has 8 nitrogen and oxygen atoms in total. The Morgan fingerprint density at radius 3 is 2.33 bits per heavy atom. The van der Waals surface area contributed by atoms with Gasteiger partial charge in [-0.1, -0.05) is 11.3 Å². The molecule has 0 saturated carbocycles. The van der Waals surface area contributed by atoms with E-state index in [1.54, 1.807) is 31.2 Å². The van der Waals surface area contributed by atoms with Crippen molar-refractivity contribution in [3.8, 4) is 5.75 Å². The number of aromatic nitrogens is 3. The fourth-order valence-electron chi connectivity index (χ4n) is 2.87. The van der Waals surface area contributed by atoms with Crippen LogP contribution >= 0.6 is 0 Å². The van der Waals surface area contributed by atoms with Crippen LogP contribution in [0.5, 0.6) is 5.75 Å². The lowest BCUT2D eigenvalue weighted by Gasteiger charge is -2.09. The van der Waals surface area contributed by atoms with Gasteiger partial charge in [0.15, 0.2) is 5.69 Å². The number of aryl methyl sites for hydroxylation is 2. The van der Waals surface area contributed by atoms with Crippen LogP contribution in [0.1, 0.15) is 34.2 Å². The third-order valence-corrected chi connectivity index (χ3v) is 4.70. The van der Waals surface area contributed by atoms with Crippen molar-refractivity contribution in [2.45, 2.75) is 34.2 Å². The van der Waals surface area contributed by atoms with Crippen molar-refractivity contribution in [1.82, 2.24) is 15.0 Å². The monoisotopic (exact) mass is 407 g/mol. The Kier molecular flexibility index (Phi) is 6.46. The number of hydrogen-bond acceptors (Lipinski definition) is 5. The number of hydrogen-bond donors (Lipinski definition) is 2. The Morgan fingerprint density at radius 2 is 1.67 bits per heavy atom. The highest BCUT2D eigenvalue weighted by Crippen LogP contribution is 2.17. The summed E-state index contributed by atoms with van der Waals surface area (Å²) in [5, 5.41) is 13.5. The fourth-order valence-corrected chi connectivity index (χ4v) is 2.87. The molecule has 30 heavy (non-hydrogen) atoms. The maximum absolute atomic E-state index is 12.5. The van der Waals surface area contributed by atoms with Crippen molar-refractivity contribution in [2.75, 3.05) is 17.2 Å². The van der Waals surface area contributed by atoms with Crippen molar-refractivity contribution in [2.24, 2.45) is 0 Å². The fraction of sp³-hybridized carbons (Fsp3) is 0.273. The highest BCUT2D eigenvalue weighted by molar-refractivity contribution is 6.03. The number of ether oxygens (including phenoxy) is 1. The number of benzene rings is 2. The van der Waals surface area contributed by atoms with Gasteiger partial charge in [0.05, 0.1) is 12.3 Å². The molecule has 1 aromatic heterocycles. The lowest BCUT2D eigenvalue weighted by molar-refractivity contribution is -0.117. The van der Waals surface area contributed by atoms with E-state index in [9.17, 15) is 9.59 Å². The average molecular weight is 407 g/mol. The molecule has 156 valence electrons. The Morgan fingerprint density at radius 1 is 0.967 bits per heavy atom. The highest BCUT2D eigenvalue weighted by atomic mass is 16.5. The first-order valence-electron chi connectivity index (χ1n) is 9.68. The van der Waals surface area contributed by atoms with E-state index in [0.717, 1.165) is 16.9 Å². The van der Waals surface area contributed by atoms with Gasteiger partial charge in [-0.05, 0) is 75.2 Å². The van der Waals surface area contributed by atoms with Crippen LogP contribution in [-0.4, -0.2) is 33.4 Å². The van der Waals surface area contributed by atoms with Crippen LogP contribution < -0.4 is 15.4 Å². The number of carbonyl (C=O) groups excluding carboxylic acids is 2. The van der Waals surface area contributed by atoms with E-state index in [1.165, 1.54) is 4.68 Å². The summed E-state index contributed by atoms with van der Waals surface area (Å²) in [5.74, 6) is 0.0922. The van der Waals surface area contributed by atoms with Gasteiger partial charge in [0, 0.05) is 11.4 Å². The van der Waals surface area contributed by atoms with E-state index in [2.05, 4.69) is 20.9 Å². The minimum Gasteiger partial charge on any atom is -0.494 e. The van der Waals surface area contributed by atoms with Gasteiger partial charge < -0.3 is 15.4 Å². The van der Waals surface area contributed by atoms with Gasteiger partial charge in [-0.3, -0.25) is 9.59 Å². The van der Waals surface area contributed by atoms with Gasteiger partial charge in [-0.2, -0.15) is 0 Å². The molecule has 3 rings (SSSR count). The third-order valence-electron chi connectivity index (χ3n) is 4.70. The number of nitrogens with one attached hydrogen (secondary N) is 2. The lowest BCUT2D eigenvalue weighted by atomic mass is 10.1. The van der Waals surface area contributed by atoms with Crippen molar-refractivity contribution < 1.29 is 14.3 Å². The SMILES string of the molecule is CCOc1ccc(NC(=O)c2nnn(CC(=O)Nc3ccc(C)c(C)c3)c2C)cc1. The summed E-state index contributed by atoms with van der Waals surface area (Å²) < 4.78 is 6.79. The summed E-state index contributed by atoms with van der Waals surface area (Å²) in [6, 6.07) is 12.8. The summed E-state index contributed by atoms with van der Waals surface area (Å²) >= 11 is 0. The highest BCUT2D eigenvalue weighted by Gasteiger charge is 2.18. The first-order valence-corrected chi connectivity index (χ1v) is 9.68. The molecule has 0 spiro atoms. The summed E-state index contributed by atoms with van der Waals surface area (Å²) in [7, 11) is 0. The number of carbonyl (C=O) groups is 2. The molecule has 0 bridgehead atoms. The first-order chi connectivity index (χ1) is 14.4. The molecule has 0 unspecified atom stereocenters. The van der Waals surface area contributed by atoms with E-state index in [-0.39, 0.29) is 18.1 Å². The van der Waals surface area contributed by atoms with Gasteiger partial charge in [0.25, 0.3) is 5.91 Å². The van der Waals surface area contributed by atoms with Crippen molar-refractivity contribution in [3.05, 3.63) is 65.0 Å². The second kappa shape index (κ2) is 9.21. The topological polar surface area (TPSA) is 98.1 Å². The molecule has 0 radical (unpaired) electrons.